The Morgan fingerprint density at radius 3 is 2.31 bits per heavy atom. The molecule has 1 aliphatic heterocycles. The summed E-state index contributed by atoms with van der Waals surface area (Å²) in [7, 11) is 0. The molecule has 1 aliphatic rings. The molecule has 2 aromatic rings. The second-order valence-corrected chi connectivity index (χ2v) is 7.25. The monoisotopic (exact) mass is 352 g/mol. The van der Waals surface area contributed by atoms with Crippen molar-refractivity contribution in [2.45, 2.75) is 45.6 Å². The first-order valence-electron chi connectivity index (χ1n) is 9.34. The number of ether oxygens (including phenoxy) is 1. The average Bonchev–Trinajstić information content (AvgIpc) is 2.62. The zero-order valence-corrected chi connectivity index (χ0v) is 15.8. The number of hydrogen-bond donors (Lipinski definition) is 1. The topological polar surface area (TPSA) is 41.6 Å². The standard InChI is InChI=1S/C22H28N2O2/c1-16-13-24(14-17(2)26-16)15-19-9-11-21(12-10-19)22(25)23-18(3)20-7-5-4-6-8-20/h4-12,16-18H,13-15H2,1-3H3,(H,23,25). The molecule has 1 saturated heterocycles. The van der Waals surface area contributed by atoms with Crippen LogP contribution in [-0.2, 0) is 11.3 Å². The number of rotatable bonds is 5. The number of hydrogen-bond acceptors (Lipinski definition) is 3. The smallest absolute Gasteiger partial charge is 0.251 e. The first-order chi connectivity index (χ1) is 12.5. The highest BCUT2D eigenvalue weighted by atomic mass is 16.5. The lowest BCUT2D eigenvalue weighted by Gasteiger charge is -2.35. The summed E-state index contributed by atoms with van der Waals surface area (Å²) in [6.45, 7) is 9.01. The molecule has 2 aromatic carbocycles. The SMILES string of the molecule is CC1CN(Cc2ccc(C(=O)NC(C)c3ccccc3)cc2)CC(C)O1. The van der Waals surface area contributed by atoms with Crippen LogP contribution in [0.2, 0.25) is 0 Å². The van der Waals surface area contributed by atoms with Gasteiger partial charge in [-0.25, -0.2) is 0 Å². The van der Waals surface area contributed by atoms with Crippen LogP contribution in [0.5, 0.6) is 0 Å². The summed E-state index contributed by atoms with van der Waals surface area (Å²) in [5.41, 5.74) is 3.02. The zero-order valence-electron chi connectivity index (χ0n) is 15.8. The zero-order chi connectivity index (χ0) is 18.5. The van der Waals surface area contributed by atoms with Gasteiger partial charge in [0.05, 0.1) is 18.2 Å². The van der Waals surface area contributed by atoms with Crippen molar-refractivity contribution < 1.29 is 9.53 Å². The largest absolute Gasteiger partial charge is 0.373 e. The highest BCUT2D eigenvalue weighted by Gasteiger charge is 2.22. The second kappa shape index (κ2) is 8.47. The maximum atomic E-state index is 12.5. The Labute approximate surface area is 156 Å². The third-order valence-electron chi connectivity index (χ3n) is 4.76. The normalized spacial score (nSPS) is 22.0. The molecule has 0 bridgehead atoms. The molecule has 3 atom stereocenters. The van der Waals surface area contributed by atoms with Crippen molar-refractivity contribution in [1.29, 1.82) is 0 Å². The maximum Gasteiger partial charge on any atom is 0.251 e. The lowest BCUT2D eigenvalue weighted by atomic mass is 10.1. The first-order valence-corrected chi connectivity index (χ1v) is 9.34. The van der Waals surface area contributed by atoms with Crippen LogP contribution in [0.1, 0.15) is 48.3 Å². The Morgan fingerprint density at radius 1 is 1.08 bits per heavy atom. The molecule has 3 unspecified atom stereocenters. The summed E-state index contributed by atoms with van der Waals surface area (Å²) in [6, 6.07) is 17.9. The van der Waals surface area contributed by atoms with Crippen molar-refractivity contribution >= 4 is 5.91 Å². The minimum atomic E-state index is -0.0403. The van der Waals surface area contributed by atoms with E-state index in [0.717, 1.165) is 25.2 Å². The quantitative estimate of drug-likeness (QED) is 0.890. The van der Waals surface area contributed by atoms with Crippen LogP contribution >= 0.6 is 0 Å². The van der Waals surface area contributed by atoms with E-state index in [1.165, 1.54) is 5.56 Å². The number of carbonyl (C=O) groups is 1. The molecular weight excluding hydrogens is 324 g/mol. The van der Waals surface area contributed by atoms with Crippen molar-refractivity contribution in [1.82, 2.24) is 10.2 Å². The molecule has 0 saturated carbocycles. The van der Waals surface area contributed by atoms with Crippen LogP contribution in [0.15, 0.2) is 54.6 Å². The molecule has 0 aliphatic carbocycles. The van der Waals surface area contributed by atoms with Crippen LogP contribution < -0.4 is 5.32 Å². The molecule has 138 valence electrons. The number of nitrogens with one attached hydrogen (secondary N) is 1. The molecule has 26 heavy (non-hydrogen) atoms. The molecule has 4 heteroatoms. The fraction of sp³-hybridized carbons (Fsp3) is 0.409. The molecule has 0 spiro atoms. The van der Waals surface area contributed by atoms with Gasteiger partial charge in [0, 0.05) is 25.2 Å². The van der Waals surface area contributed by atoms with Gasteiger partial charge in [-0.1, -0.05) is 42.5 Å². The van der Waals surface area contributed by atoms with E-state index in [1.54, 1.807) is 0 Å². The van der Waals surface area contributed by atoms with Gasteiger partial charge >= 0.3 is 0 Å². The van der Waals surface area contributed by atoms with Crippen LogP contribution in [0.4, 0.5) is 0 Å². The van der Waals surface area contributed by atoms with Crippen LogP contribution in [0.3, 0.4) is 0 Å². The Kier molecular flexibility index (Phi) is 6.07. The van der Waals surface area contributed by atoms with Crippen molar-refractivity contribution in [2.75, 3.05) is 13.1 Å². The number of amides is 1. The van der Waals surface area contributed by atoms with Crippen molar-refractivity contribution in [3.8, 4) is 0 Å². The van der Waals surface area contributed by atoms with Gasteiger partial charge in [-0.15, -0.1) is 0 Å². The molecule has 1 N–H and O–H groups in total. The van der Waals surface area contributed by atoms with E-state index < -0.39 is 0 Å². The van der Waals surface area contributed by atoms with Crippen molar-refractivity contribution in [2.24, 2.45) is 0 Å². The molecule has 0 aromatic heterocycles. The molecule has 1 heterocycles. The van der Waals surface area contributed by atoms with Gasteiger partial charge in [-0.2, -0.15) is 0 Å². The number of morpholine rings is 1. The van der Waals surface area contributed by atoms with Gasteiger partial charge < -0.3 is 10.1 Å². The van der Waals surface area contributed by atoms with Gasteiger partial charge in [-0.3, -0.25) is 9.69 Å². The van der Waals surface area contributed by atoms with Crippen molar-refractivity contribution in [3.63, 3.8) is 0 Å². The molecular formula is C22H28N2O2. The van der Waals surface area contributed by atoms with E-state index in [0.29, 0.717) is 5.56 Å². The average molecular weight is 352 g/mol. The fourth-order valence-corrected chi connectivity index (χ4v) is 3.54. The van der Waals surface area contributed by atoms with Crippen molar-refractivity contribution in [3.05, 3.63) is 71.3 Å². The Balaban J connectivity index is 1.57. The van der Waals surface area contributed by atoms with E-state index in [4.69, 9.17) is 4.74 Å². The molecule has 1 fully saturated rings. The summed E-state index contributed by atoms with van der Waals surface area (Å²) in [5.74, 6) is -0.0403. The summed E-state index contributed by atoms with van der Waals surface area (Å²) in [4.78, 5) is 14.9. The number of benzene rings is 2. The van der Waals surface area contributed by atoms with Gasteiger partial charge in [0.1, 0.15) is 0 Å². The molecule has 4 nitrogen and oxygen atoms in total. The summed E-state index contributed by atoms with van der Waals surface area (Å²) >= 11 is 0. The predicted molar refractivity (Wildman–Crippen MR) is 104 cm³/mol. The van der Waals surface area contributed by atoms with E-state index in [2.05, 4.69) is 24.1 Å². The lowest BCUT2D eigenvalue weighted by molar-refractivity contribution is -0.0704. The summed E-state index contributed by atoms with van der Waals surface area (Å²) in [5, 5.41) is 3.06. The van der Waals surface area contributed by atoms with E-state index in [9.17, 15) is 4.79 Å². The first kappa shape index (κ1) is 18.6. The predicted octanol–water partition coefficient (Wildman–Crippen LogP) is 3.79. The highest BCUT2D eigenvalue weighted by molar-refractivity contribution is 5.94. The van der Waals surface area contributed by atoms with Gasteiger partial charge in [0.2, 0.25) is 0 Å². The summed E-state index contributed by atoms with van der Waals surface area (Å²) < 4.78 is 5.78. The Hall–Kier alpha value is -2.17. The van der Waals surface area contributed by atoms with Gasteiger partial charge in [0.25, 0.3) is 5.91 Å². The van der Waals surface area contributed by atoms with Gasteiger partial charge in [0.15, 0.2) is 0 Å². The number of nitrogens with zero attached hydrogens (tertiary/aromatic N) is 1. The van der Waals surface area contributed by atoms with E-state index in [1.807, 2.05) is 61.5 Å². The third-order valence-corrected chi connectivity index (χ3v) is 4.76. The minimum absolute atomic E-state index is 0.0142. The summed E-state index contributed by atoms with van der Waals surface area (Å²) in [6.07, 6.45) is 0.534. The molecule has 0 radical (unpaired) electrons. The molecule has 3 rings (SSSR count). The highest BCUT2D eigenvalue weighted by Crippen LogP contribution is 2.16. The molecule has 1 amide bonds. The van der Waals surface area contributed by atoms with Crippen LogP contribution in [-0.4, -0.2) is 36.1 Å². The fourth-order valence-electron chi connectivity index (χ4n) is 3.54. The maximum absolute atomic E-state index is 12.5. The van der Waals surface area contributed by atoms with Crippen LogP contribution in [0.25, 0.3) is 0 Å². The van der Waals surface area contributed by atoms with Gasteiger partial charge in [-0.05, 0) is 44.0 Å². The lowest BCUT2D eigenvalue weighted by Crippen LogP contribution is -2.44. The van der Waals surface area contributed by atoms with E-state index in [-0.39, 0.29) is 24.2 Å². The Bertz CT molecular complexity index is 705. The van der Waals surface area contributed by atoms with E-state index >= 15 is 0 Å². The number of carbonyl (C=O) groups excluding carboxylic acids is 1. The van der Waals surface area contributed by atoms with Crippen LogP contribution in [0, 0.1) is 0 Å². The Morgan fingerprint density at radius 2 is 1.69 bits per heavy atom. The third kappa shape index (κ3) is 4.93. The second-order valence-electron chi connectivity index (χ2n) is 7.25. The minimum Gasteiger partial charge on any atom is -0.373 e.